The Morgan fingerprint density at radius 3 is 2.29 bits per heavy atom. The van der Waals surface area contributed by atoms with Crippen LogP contribution in [0.1, 0.15) is 71.6 Å². The summed E-state index contributed by atoms with van der Waals surface area (Å²) in [6, 6.07) is 1.96. The summed E-state index contributed by atoms with van der Waals surface area (Å²) in [7, 11) is 0. The molecule has 0 heterocycles. The molecular formula is C20H24O4. The van der Waals surface area contributed by atoms with E-state index in [0.29, 0.717) is 5.56 Å². The minimum Gasteiger partial charge on any atom is -0.511 e. The quantitative estimate of drug-likeness (QED) is 0.668. The third kappa shape index (κ3) is 3.05. The summed E-state index contributed by atoms with van der Waals surface area (Å²) in [4.78, 5) is 36.2. The Morgan fingerprint density at radius 1 is 1.17 bits per heavy atom. The molecule has 0 bridgehead atoms. The molecule has 1 aromatic rings. The summed E-state index contributed by atoms with van der Waals surface area (Å²) in [5.74, 6) is -0.941. The highest BCUT2D eigenvalue weighted by atomic mass is 16.3. The maximum atomic E-state index is 12.4. The summed E-state index contributed by atoms with van der Waals surface area (Å²) in [5, 5.41) is 10.3. The number of aliphatic hydroxyl groups excluding tert-OH is 1. The molecule has 4 nitrogen and oxygen atoms in total. The first-order valence-electron chi connectivity index (χ1n) is 8.29. The van der Waals surface area contributed by atoms with Crippen LogP contribution in [-0.4, -0.2) is 22.5 Å². The van der Waals surface area contributed by atoms with Crippen molar-refractivity contribution in [3.05, 3.63) is 45.2 Å². The fraction of sp³-hybridized carbons (Fsp3) is 0.450. The number of Topliss-reactive ketones (excluding diaryl/α,β-unsaturated/α-hetero) is 3. The third-order valence-corrected chi connectivity index (χ3v) is 4.83. The van der Waals surface area contributed by atoms with Crippen LogP contribution in [0, 0.1) is 20.8 Å². The number of allylic oxidation sites excluding steroid dienone is 2. The Hall–Kier alpha value is -2.23. The van der Waals surface area contributed by atoms with Crippen LogP contribution in [0.2, 0.25) is 0 Å². The Bertz CT molecular complexity index is 768. The molecule has 0 saturated heterocycles. The van der Waals surface area contributed by atoms with Crippen molar-refractivity contribution < 1.29 is 19.5 Å². The molecule has 24 heavy (non-hydrogen) atoms. The van der Waals surface area contributed by atoms with Crippen LogP contribution in [-0.2, 0) is 9.59 Å². The summed E-state index contributed by atoms with van der Waals surface area (Å²) >= 11 is 0. The van der Waals surface area contributed by atoms with Gasteiger partial charge < -0.3 is 5.11 Å². The van der Waals surface area contributed by atoms with Gasteiger partial charge in [0, 0.05) is 24.8 Å². The summed E-state index contributed by atoms with van der Waals surface area (Å²) in [6.45, 7) is 8.97. The molecule has 0 radical (unpaired) electrons. The molecule has 2 rings (SSSR count). The van der Waals surface area contributed by atoms with E-state index in [2.05, 4.69) is 0 Å². The van der Waals surface area contributed by atoms with Gasteiger partial charge in [0.2, 0.25) is 0 Å². The van der Waals surface area contributed by atoms with E-state index < -0.39 is 0 Å². The van der Waals surface area contributed by atoms with Crippen molar-refractivity contribution in [3.8, 4) is 0 Å². The number of benzene rings is 1. The van der Waals surface area contributed by atoms with E-state index in [4.69, 9.17) is 0 Å². The van der Waals surface area contributed by atoms with Gasteiger partial charge in [-0.15, -0.1) is 0 Å². The van der Waals surface area contributed by atoms with Gasteiger partial charge in [0.15, 0.2) is 17.3 Å². The van der Waals surface area contributed by atoms with Crippen LogP contribution in [0.15, 0.2) is 17.4 Å². The highest BCUT2D eigenvalue weighted by Crippen LogP contribution is 2.38. The van der Waals surface area contributed by atoms with Gasteiger partial charge in [0.05, 0.1) is 5.57 Å². The number of carbonyl (C=O) groups excluding carboxylic acids is 3. The van der Waals surface area contributed by atoms with E-state index in [1.165, 1.54) is 6.92 Å². The Labute approximate surface area is 142 Å². The van der Waals surface area contributed by atoms with E-state index in [1.54, 1.807) is 6.92 Å². The molecule has 1 atom stereocenters. The second-order valence-corrected chi connectivity index (χ2v) is 6.61. The average molecular weight is 328 g/mol. The van der Waals surface area contributed by atoms with Crippen molar-refractivity contribution in [2.75, 3.05) is 0 Å². The first kappa shape index (κ1) is 18.1. The van der Waals surface area contributed by atoms with E-state index >= 15 is 0 Å². The lowest BCUT2D eigenvalue weighted by molar-refractivity contribution is -0.122. The summed E-state index contributed by atoms with van der Waals surface area (Å²) < 4.78 is 0. The third-order valence-electron chi connectivity index (χ3n) is 4.83. The monoisotopic (exact) mass is 328 g/mol. The minimum absolute atomic E-state index is 0.00463. The van der Waals surface area contributed by atoms with E-state index in [-0.39, 0.29) is 53.9 Å². The number of aryl methyl sites for hydroxylation is 2. The number of hydrogen-bond donors (Lipinski definition) is 1. The van der Waals surface area contributed by atoms with Crippen molar-refractivity contribution in [2.24, 2.45) is 0 Å². The number of ketones is 3. The van der Waals surface area contributed by atoms with Gasteiger partial charge >= 0.3 is 0 Å². The standard InChI is InChI=1S/C20H24O4/c1-6-15(22)20-16(23)8-14(9-17(20)24)19-11(3)7-10(2)18(12(19)4)13(5)21/h7,14,23H,6,8-9H2,1-5H3. The van der Waals surface area contributed by atoms with Crippen LogP contribution in [0.4, 0.5) is 0 Å². The second-order valence-electron chi connectivity index (χ2n) is 6.61. The number of aliphatic hydroxyl groups is 1. The lowest BCUT2D eigenvalue weighted by Gasteiger charge is -2.27. The van der Waals surface area contributed by atoms with Crippen molar-refractivity contribution >= 4 is 17.3 Å². The highest BCUT2D eigenvalue weighted by molar-refractivity contribution is 6.21. The lowest BCUT2D eigenvalue weighted by atomic mass is 9.76. The van der Waals surface area contributed by atoms with E-state index in [0.717, 1.165) is 22.3 Å². The van der Waals surface area contributed by atoms with E-state index in [1.807, 2.05) is 26.8 Å². The molecule has 0 amide bonds. The molecule has 1 aromatic carbocycles. The molecular weight excluding hydrogens is 304 g/mol. The smallest absolute Gasteiger partial charge is 0.170 e. The zero-order valence-electron chi connectivity index (χ0n) is 14.9. The molecule has 0 fully saturated rings. The average Bonchev–Trinajstić information content (AvgIpc) is 2.45. The largest absolute Gasteiger partial charge is 0.511 e. The molecule has 128 valence electrons. The molecule has 1 unspecified atom stereocenters. The van der Waals surface area contributed by atoms with Gasteiger partial charge in [-0.1, -0.05) is 13.0 Å². The Kier molecular flexibility index (Phi) is 5.07. The molecule has 0 saturated carbocycles. The number of carbonyl (C=O) groups is 3. The van der Waals surface area contributed by atoms with Crippen LogP contribution in [0.3, 0.4) is 0 Å². The fourth-order valence-corrected chi connectivity index (χ4v) is 3.96. The normalized spacial score (nSPS) is 18.0. The predicted molar refractivity (Wildman–Crippen MR) is 92.6 cm³/mol. The Morgan fingerprint density at radius 2 is 1.79 bits per heavy atom. The number of hydrogen-bond acceptors (Lipinski definition) is 4. The molecule has 0 spiro atoms. The Balaban J connectivity index is 2.54. The van der Waals surface area contributed by atoms with Gasteiger partial charge in [-0.05, 0) is 55.9 Å². The maximum Gasteiger partial charge on any atom is 0.170 e. The molecule has 0 aromatic heterocycles. The lowest BCUT2D eigenvalue weighted by Crippen LogP contribution is -2.24. The fourth-order valence-electron chi connectivity index (χ4n) is 3.96. The topological polar surface area (TPSA) is 71.4 Å². The van der Waals surface area contributed by atoms with E-state index in [9.17, 15) is 19.5 Å². The molecule has 1 aliphatic carbocycles. The van der Waals surface area contributed by atoms with Gasteiger partial charge in [-0.2, -0.15) is 0 Å². The van der Waals surface area contributed by atoms with Crippen LogP contribution >= 0.6 is 0 Å². The molecule has 1 aliphatic rings. The van der Waals surface area contributed by atoms with Crippen LogP contribution < -0.4 is 0 Å². The molecule has 0 aliphatic heterocycles. The first-order valence-corrected chi connectivity index (χ1v) is 8.29. The second kappa shape index (κ2) is 6.71. The highest BCUT2D eigenvalue weighted by Gasteiger charge is 2.33. The van der Waals surface area contributed by atoms with Crippen LogP contribution in [0.25, 0.3) is 0 Å². The maximum absolute atomic E-state index is 12.4. The van der Waals surface area contributed by atoms with Gasteiger partial charge in [0.25, 0.3) is 0 Å². The predicted octanol–water partition coefficient (Wildman–Crippen LogP) is 4.05. The SMILES string of the molecule is CCC(=O)C1=C(O)CC(c2c(C)cc(C)c(C(C)=O)c2C)CC1=O. The summed E-state index contributed by atoms with van der Waals surface area (Å²) in [5.41, 5.74) is 4.38. The van der Waals surface area contributed by atoms with Crippen molar-refractivity contribution in [2.45, 2.75) is 59.8 Å². The molecule has 1 N–H and O–H groups in total. The van der Waals surface area contributed by atoms with Crippen LogP contribution in [0.5, 0.6) is 0 Å². The van der Waals surface area contributed by atoms with Crippen molar-refractivity contribution in [3.63, 3.8) is 0 Å². The van der Waals surface area contributed by atoms with Crippen molar-refractivity contribution in [1.29, 1.82) is 0 Å². The zero-order valence-corrected chi connectivity index (χ0v) is 14.9. The zero-order chi connectivity index (χ0) is 18.2. The minimum atomic E-state index is -0.308. The van der Waals surface area contributed by atoms with Gasteiger partial charge in [-0.25, -0.2) is 0 Å². The first-order chi connectivity index (χ1) is 11.2. The summed E-state index contributed by atoms with van der Waals surface area (Å²) in [6.07, 6.45) is 0.648. The van der Waals surface area contributed by atoms with Crippen molar-refractivity contribution in [1.82, 2.24) is 0 Å². The number of rotatable bonds is 4. The van der Waals surface area contributed by atoms with Gasteiger partial charge in [0.1, 0.15) is 5.76 Å². The molecule has 4 heteroatoms. The van der Waals surface area contributed by atoms with Gasteiger partial charge in [-0.3, -0.25) is 14.4 Å².